The normalized spacial score (nSPS) is 21.5. The van der Waals surface area contributed by atoms with E-state index in [0.717, 1.165) is 0 Å². The lowest BCUT2D eigenvalue weighted by Gasteiger charge is -2.42. The van der Waals surface area contributed by atoms with E-state index in [2.05, 4.69) is 5.32 Å². The summed E-state index contributed by atoms with van der Waals surface area (Å²) in [6.45, 7) is 5.01. The van der Waals surface area contributed by atoms with Crippen LogP contribution in [0, 0.1) is 0 Å². The van der Waals surface area contributed by atoms with Gasteiger partial charge in [-0.1, -0.05) is 6.07 Å². The zero-order chi connectivity index (χ0) is 17.5. The van der Waals surface area contributed by atoms with Crippen LogP contribution in [0.25, 0.3) is 0 Å². The summed E-state index contributed by atoms with van der Waals surface area (Å²) in [4.78, 5) is 24.7. The smallest absolute Gasteiger partial charge is 0.261 e. The molecule has 0 spiro atoms. The SMILES string of the molecule is CC(=O)c1ccc2c(c1)C(NC(=O)c1cccs1)C(O)C(C)(C)O2. The van der Waals surface area contributed by atoms with Crippen LogP contribution >= 0.6 is 11.3 Å². The van der Waals surface area contributed by atoms with Gasteiger partial charge in [0.05, 0.1) is 10.9 Å². The van der Waals surface area contributed by atoms with E-state index in [0.29, 0.717) is 21.8 Å². The minimum Gasteiger partial charge on any atom is -0.485 e. The molecule has 1 aliphatic rings. The van der Waals surface area contributed by atoms with Crippen LogP contribution in [0.5, 0.6) is 5.75 Å². The molecule has 2 heterocycles. The third kappa shape index (κ3) is 2.95. The van der Waals surface area contributed by atoms with E-state index in [1.54, 1.807) is 44.2 Å². The number of carbonyl (C=O) groups excluding carboxylic acids is 2. The Morgan fingerprint density at radius 1 is 1.29 bits per heavy atom. The van der Waals surface area contributed by atoms with Gasteiger partial charge in [0.25, 0.3) is 5.91 Å². The fourth-order valence-corrected chi connectivity index (χ4v) is 3.42. The fourth-order valence-electron chi connectivity index (χ4n) is 2.80. The first-order chi connectivity index (χ1) is 11.3. The quantitative estimate of drug-likeness (QED) is 0.839. The van der Waals surface area contributed by atoms with E-state index >= 15 is 0 Å². The van der Waals surface area contributed by atoms with Crippen LogP contribution in [0.3, 0.4) is 0 Å². The molecule has 24 heavy (non-hydrogen) atoms. The summed E-state index contributed by atoms with van der Waals surface area (Å²) in [5.74, 6) is 0.221. The number of ether oxygens (including phenoxy) is 1. The number of thiophene rings is 1. The number of amides is 1. The van der Waals surface area contributed by atoms with Crippen molar-refractivity contribution in [2.75, 3.05) is 0 Å². The highest BCUT2D eigenvalue weighted by atomic mass is 32.1. The van der Waals surface area contributed by atoms with Gasteiger partial charge in [-0.25, -0.2) is 0 Å². The van der Waals surface area contributed by atoms with Gasteiger partial charge >= 0.3 is 0 Å². The molecule has 2 unspecified atom stereocenters. The van der Waals surface area contributed by atoms with E-state index < -0.39 is 17.7 Å². The van der Waals surface area contributed by atoms with Gasteiger partial charge < -0.3 is 15.2 Å². The van der Waals surface area contributed by atoms with E-state index in [-0.39, 0.29) is 11.7 Å². The van der Waals surface area contributed by atoms with Crippen molar-refractivity contribution in [2.45, 2.75) is 38.5 Å². The molecule has 0 radical (unpaired) electrons. The van der Waals surface area contributed by atoms with Crippen LogP contribution in [-0.4, -0.2) is 28.5 Å². The molecular formula is C18H19NO4S. The van der Waals surface area contributed by atoms with Crippen LogP contribution < -0.4 is 10.1 Å². The van der Waals surface area contributed by atoms with Crippen LogP contribution in [0.4, 0.5) is 0 Å². The topological polar surface area (TPSA) is 75.6 Å². The molecule has 3 rings (SSSR count). The van der Waals surface area contributed by atoms with E-state index in [1.807, 2.05) is 5.38 Å². The average molecular weight is 345 g/mol. The Morgan fingerprint density at radius 3 is 2.67 bits per heavy atom. The maximum atomic E-state index is 12.4. The first kappa shape index (κ1) is 16.7. The van der Waals surface area contributed by atoms with Gasteiger partial charge in [-0.15, -0.1) is 11.3 Å². The molecule has 1 amide bonds. The molecule has 5 nitrogen and oxygen atoms in total. The number of fused-ring (bicyclic) bond motifs is 1. The Bertz CT molecular complexity index is 782. The molecule has 1 aromatic heterocycles. The second-order valence-electron chi connectivity index (χ2n) is 6.39. The predicted molar refractivity (Wildman–Crippen MR) is 91.7 cm³/mol. The summed E-state index contributed by atoms with van der Waals surface area (Å²) in [5, 5.41) is 15.4. The van der Waals surface area contributed by atoms with Gasteiger partial charge in [-0.05, 0) is 50.4 Å². The minimum absolute atomic E-state index is 0.0829. The maximum absolute atomic E-state index is 12.4. The van der Waals surface area contributed by atoms with Gasteiger partial charge in [-0.3, -0.25) is 9.59 Å². The molecule has 0 saturated carbocycles. The van der Waals surface area contributed by atoms with Crippen molar-refractivity contribution < 1.29 is 19.4 Å². The summed E-state index contributed by atoms with van der Waals surface area (Å²) in [5.41, 5.74) is 0.261. The molecule has 1 aromatic carbocycles. The van der Waals surface area contributed by atoms with Crippen molar-refractivity contribution in [3.8, 4) is 5.75 Å². The fraction of sp³-hybridized carbons (Fsp3) is 0.333. The zero-order valence-corrected chi connectivity index (χ0v) is 14.5. The molecule has 6 heteroatoms. The first-order valence-corrected chi connectivity index (χ1v) is 8.54. The Morgan fingerprint density at radius 2 is 2.04 bits per heavy atom. The second-order valence-corrected chi connectivity index (χ2v) is 7.34. The van der Waals surface area contributed by atoms with Crippen molar-refractivity contribution in [2.24, 2.45) is 0 Å². The van der Waals surface area contributed by atoms with Crippen molar-refractivity contribution in [3.63, 3.8) is 0 Å². The van der Waals surface area contributed by atoms with Crippen molar-refractivity contribution in [1.29, 1.82) is 0 Å². The summed E-state index contributed by atoms with van der Waals surface area (Å²) in [6.07, 6.45) is -0.948. The molecule has 2 aromatic rings. The number of nitrogens with one attached hydrogen (secondary N) is 1. The molecule has 2 atom stereocenters. The molecule has 0 aliphatic carbocycles. The second kappa shape index (κ2) is 6.03. The summed E-state index contributed by atoms with van der Waals surface area (Å²) in [6, 6.07) is 7.94. The summed E-state index contributed by atoms with van der Waals surface area (Å²) in [7, 11) is 0. The van der Waals surface area contributed by atoms with Crippen molar-refractivity contribution in [3.05, 3.63) is 51.7 Å². The van der Waals surface area contributed by atoms with E-state index in [1.165, 1.54) is 18.3 Å². The van der Waals surface area contributed by atoms with Crippen LogP contribution in [0.15, 0.2) is 35.7 Å². The lowest BCUT2D eigenvalue weighted by Crippen LogP contribution is -2.53. The Balaban J connectivity index is 2.01. The molecule has 126 valence electrons. The predicted octanol–water partition coefficient (Wildman–Crippen LogP) is 2.95. The number of rotatable bonds is 3. The monoisotopic (exact) mass is 345 g/mol. The number of ketones is 1. The number of aliphatic hydroxyl groups is 1. The molecule has 0 fully saturated rings. The number of carbonyl (C=O) groups is 2. The van der Waals surface area contributed by atoms with E-state index in [9.17, 15) is 14.7 Å². The first-order valence-electron chi connectivity index (χ1n) is 7.66. The average Bonchev–Trinajstić information content (AvgIpc) is 3.05. The zero-order valence-electron chi connectivity index (χ0n) is 13.7. The largest absolute Gasteiger partial charge is 0.485 e. The van der Waals surface area contributed by atoms with Crippen LogP contribution in [0.1, 0.15) is 52.4 Å². The molecule has 0 bridgehead atoms. The van der Waals surface area contributed by atoms with Crippen LogP contribution in [-0.2, 0) is 0 Å². The number of hydrogen-bond acceptors (Lipinski definition) is 5. The lowest BCUT2D eigenvalue weighted by molar-refractivity contribution is -0.0627. The van der Waals surface area contributed by atoms with Gasteiger partial charge in [0.15, 0.2) is 5.78 Å². The van der Waals surface area contributed by atoms with Gasteiger partial charge in [0.1, 0.15) is 17.5 Å². The Hall–Kier alpha value is -2.18. The Kier molecular flexibility index (Phi) is 4.19. The van der Waals surface area contributed by atoms with E-state index in [4.69, 9.17) is 4.74 Å². The highest BCUT2D eigenvalue weighted by Crippen LogP contribution is 2.40. The standard InChI is InChI=1S/C18H19NO4S/c1-10(20)11-6-7-13-12(9-11)15(16(21)18(2,3)23-13)19-17(22)14-5-4-8-24-14/h4-9,15-16,21H,1-3H3,(H,19,22). The van der Waals surface area contributed by atoms with Gasteiger partial charge in [-0.2, -0.15) is 0 Å². The highest BCUT2D eigenvalue weighted by molar-refractivity contribution is 7.12. The number of hydrogen-bond donors (Lipinski definition) is 2. The summed E-state index contributed by atoms with van der Waals surface area (Å²) >= 11 is 1.33. The minimum atomic E-state index is -0.948. The Labute approximate surface area is 144 Å². The lowest BCUT2D eigenvalue weighted by atomic mass is 9.85. The third-order valence-electron chi connectivity index (χ3n) is 4.18. The highest BCUT2D eigenvalue weighted by Gasteiger charge is 2.43. The van der Waals surface area contributed by atoms with Crippen molar-refractivity contribution in [1.82, 2.24) is 5.32 Å². The van der Waals surface area contributed by atoms with Gasteiger partial charge in [0.2, 0.25) is 0 Å². The number of aliphatic hydroxyl groups excluding tert-OH is 1. The molecule has 1 aliphatic heterocycles. The maximum Gasteiger partial charge on any atom is 0.261 e. The molecule has 0 saturated heterocycles. The molecule has 2 N–H and O–H groups in total. The van der Waals surface area contributed by atoms with Crippen LogP contribution in [0.2, 0.25) is 0 Å². The number of benzene rings is 1. The molecular weight excluding hydrogens is 326 g/mol. The van der Waals surface area contributed by atoms with Crippen molar-refractivity contribution >= 4 is 23.0 Å². The van der Waals surface area contributed by atoms with Gasteiger partial charge in [0, 0.05) is 11.1 Å². The number of Topliss-reactive ketones (excluding diaryl/α,β-unsaturated/α-hetero) is 1. The summed E-state index contributed by atoms with van der Waals surface area (Å²) < 4.78 is 5.86. The third-order valence-corrected chi connectivity index (χ3v) is 5.05.